The molecule has 2 amide bonds. The van der Waals surface area contributed by atoms with Crippen LogP contribution in [0.25, 0.3) is 0 Å². The zero-order valence-corrected chi connectivity index (χ0v) is 11.9. The summed E-state index contributed by atoms with van der Waals surface area (Å²) in [4.78, 5) is 25.9. The summed E-state index contributed by atoms with van der Waals surface area (Å²) in [6.07, 6.45) is 0. The third kappa shape index (κ3) is 2.62. The molecule has 1 aromatic carbocycles. The van der Waals surface area contributed by atoms with Crippen molar-refractivity contribution in [3.63, 3.8) is 0 Å². The molecule has 19 heavy (non-hydrogen) atoms. The average Bonchev–Trinajstić information content (AvgIpc) is 2.34. The van der Waals surface area contributed by atoms with Crippen molar-refractivity contribution in [3.8, 4) is 0 Å². The van der Waals surface area contributed by atoms with Crippen LogP contribution in [0, 0.1) is 6.92 Å². The quantitative estimate of drug-likeness (QED) is 0.878. The molecule has 1 fully saturated rings. The Morgan fingerprint density at radius 2 is 1.79 bits per heavy atom. The van der Waals surface area contributed by atoms with E-state index in [0.29, 0.717) is 6.54 Å². The molecule has 0 bridgehead atoms. The number of nitrogens with zero attached hydrogens (tertiary/aromatic N) is 1. The van der Waals surface area contributed by atoms with Gasteiger partial charge in [-0.15, -0.1) is 0 Å². The lowest BCUT2D eigenvalue weighted by Gasteiger charge is -2.41. The van der Waals surface area contributed by atoms with Gasteiger partial charge in [-0.05, 0) is 33.3 Å². The van der Waals surface area contributed by atoms with E-state index in [-0.39, 0.29) is 11.8 Å². The summed E-state index contributed by atoms with van der Waals surface area (Å²) in [6.45, 7) is 7.73. The number of rotatable bonds is 2. The molecule has 0 spiro atoms. The first kappa shape index (κ1) is 13.6. The van der Waals surface area contributed by atoms with E-state index in [2.05, 4.69) is 5.32 Å². The Morgan fingerprint density at radius 3 is 2.37 bits per heavy atom. The summed E-state index contributed by atoms with van der Waals surface area (Å²) >= 11 is 0. The van der Waals surface area contributed by atoms with E-state index >= 15 is 0 Å². The van der Waals surface area contributed by atoms with Crippen LogP contribution in [-0.4, -0.2) is 28.3 Å². The maximum atomic E-state index is 12.4. The normalized spacial score (nSPS) is 22.3. The van der Waals surface area contributed by atoms with Crippen molar-refractivity contribution in [1.82, 2.24) is 10.2 Å². The molecule has 0 aromatic heterocycles. The molecule has 4 heteroatoms. The lowest BCUT2D eigenvalue weighted by Crippen LogP contribution is -2.66. The molecule has 1 saturated heterocycles. The van der Waals surface area contributed by atoms with E-state index in [1.165, 1.54) is 5.56 Å². The Kier molecular flexibility index (Phi) is 3.35. The van der Waals surface area contributed by atoms with Crippen LogP contribution in [0.2, 0.25) is 0 Å². The lowest BCUT2D eigenvalue weighted by atomic mass is 9.96. The minimum atomic E-state index is -0.825. The first-order valence-electron chi connectivity index (χ1n) is 6.50. The standard InChI is InChI=1S/C15H20N2O2/c1-10-5-7-12(8-6-10)9-17-11(2)13(18)16-15(3,4)14(17)19/h5-8,11H,9H2,1-4H3,(H,16,18). The molecular weight excluding hydrogens is 240 g/mol. The molecule has 1 aliphatic rings. The van der Waals surface area contributed by atoms with Gasteiger partial charge in [0.2, 0.25) is 11.8 Å². The Balaban J connectivity index is 2.23. The summed E-state index contributed by atoms with van der Waals surface area (Å²) in [5.41, 5.74) is 1.39. The fourth-order valence-corrected chi connectivity index (χ4v) is 2.24. The predicted molar refractivity (Wildman–Crippen MR) is 73.4 cm³/mol. The number of benzene rings is 1. The zero-order valence-electron chi connectivity index (χ0n) is 11.9. The molecule has 1 aromatic rings. The van der Waals surface area contributed by atoms with Crippen LogP contribution in [-0.2, 0) is 16.1 Å². The van der Waals surface area contributed by atoms with Crippen molar-refractivity contribution in [2.24, 2.45) is 0 Å². The summed E-state index contributed by atoms with van der Waals surface area (Å²) in [7, 11) is 0. The van der Waals surface area contributed by atoms with E-state index in [1.807, 2.05) is 31.2 Å². The van der Waals surface area contributed by atoms with Gasteiger partial charge in [0.15, 0.2) is 0 Å². The maximum absolute atomic E-state index is 12.4. The number of carbonyl (C=O) groups excluding carboxylic acids is 2. The highest BCUT2D eigenvalue weighted by molar-refractivity contribution is 5.99. The molecule has 4 nitrogen and oxygen atoms in total. The molecule has 102 valence electrons. The summed E-state index contributed by atoms with van der Waals surface area (Å²) in [5, 5.41) is 2.75. The van der Waals surface area contributed by atoms with Crippen LogP contribution in [0.1, 0.15) is 31.9 Å². The van der Waals surface area contributed by atoms with Gasteiger partial charge in [-0.1, -0.05) is 29.8 Å². The second kappa shape index (κ2) is 4.68. The van der Waals surface area contributed by atoms with Gasteiger partial charge >= 0.3 is 0 Å². The van der Waals surface area contributed by atoms with E-state index < -0.39 is 11.6 Å². The van der Waals surface area contributed by atoms with Crippen LogP contribution in [0.3, 0.4) is 0 Å². The number of hydrogen-bond acceptors (Lipinski definition) is 2. The van der Waals surface area contributed by atoms with Gasteiger partial charge in [0.1, 0.15) is 11.6 Å². The number of carbonyl (C=O) groups is 2. The fourth-order valence-electron chi connectivity index (χ4n) is 2.24. The van der Waals surface area contributed by atoms with Gasteiger partial charge in [0.05, 0.1) is 0 Å². The van der Waals surface area contributed by atoms with Gasteiger partial charge in [-0.25, -0.2) is 0 Å². The van der Waals surface area contributed by atoms with Crippen LogP contribution < -0.4 is 5.32 Å². The molecule has 0 saturated carbocycles. The van der Waals surface area contributed by atoms with Crippen molar-refractivity contribution in [2.75, 3.05) is 0 Å². The van der Waals surface area contributed by atoms with Crippen LogP contribution in [0.4, 0.5) is 0 Å². The Bertz CT molecular complexity index is 505. The molecular formula is C15H20N2O2. The Morgan fingerprint density at radius 1 is 1.21 bits per heavy atom. The number of amides is 2. The SMILES string of the molecule is Cc1ccc(CN2C(=O)C(C)(C)NC(=O)C2C)cc1. The Labute approximate surface area is 113 Å². The van der Waals surface area contributed by atoms with Gasteiger partial charge in [-0.2, -0.15) is 0 Å². The largest absolute Gasteiger partial charge is 0.340 e. The van der Waals surface area contributed by atoms with E-state index in [1.54, 1.807) is 25.7 Å². The van der Waals surface area contributed by atoms with Gasteiger partial charge < -0.3 is 10.2 Å². The van der Waals surface area contributed by atoms with Gasteiger partial charge in [0.25, 0.3) is 0 Å². The topological polar surface area (TPSA) is 49.4 Å². The smallest absolute Gasteiger partial charge is 0.248 e. The van der Waals surface area contributed by atoms with E-state index in [4.69, 9.17) is 0 Å². The second-order valence-electron chi connectivity index (χ2n) is 5.71. The molecule has 0 radical (unpaired) electrons. The van der Waals surface area contributed by atoms with Crippen molar-refractivity contribution >= 4 is 11.8 Å². The molecule has 2 rings (SSSR count). The van der Waals surface area contributed by atoms with Gasteiger partial charge in [-0.3, -0.25) is 9.59 Å². The van der Waals surface area contributed by atoms with E-state index in [0.717, 1.165) is 5.56 Å². The zero-order chi connectivity index (χ0) is 14.2. The number of piperazine rings is 1. The summed E-state index contributed by atoms with van der Waals surface area (Å²) in [6, 6.07) is 7.59. The molecule has 0 aliphatic carbocycles. The molecule has 1 aliphatic heterocycles. The van der Waals surface area contributed by atoms with Crippen LogP contribution >= 0.6 is 0 Å². The van der Waals surface area contributed by atoms with Crippen molar-refractivity contribution in [3.05, 3.63) is 35.4 Å². The Hall–Kier alpha value is -1.84. The van der Waals surface area contributed by atoms with Crippen molar-refractivity contribution < 1.29 is 9.59 Å². The third-order valence-electron chi connectivity index (χ3n) is 3.55. The maximum Gasteiger partial charge on any atom is 0.248 e. The minimum Gasteiger partial charge on any atom is -0.340 e. The second-order valence-corrected chi connectivity index (χ2v) is 5.71. The van der Waals surface area contributed by atoms with Gasteiger partial charge in [0, 0.05) is 6.54 Å². The number of nitrogens with one attached hydrogen (secondary N) is 1. The summed E-state index contributed by atoms with van der Waals surface area (Å²) in [5.74, 6) is -0.142. The first-order valence-corrected chi connectivity index (χ1v) is 6.50. The van der Waals surface area contributed by atoms with Crippen LogP contribution in [0.15, 0.2) is 24.3 Å². The summed E-state index contributed by atoms with van der Waals surface area (Å²) < 4.78 is 0. The minimum absolute atomic E-state index is 0.0415. The highest BCUT2D eigenvalue weighted by atomic mass is 16.2. The monoisotopic (exact) mass is 260 g/mol. The molecule has 1 unspecified atom stereocenters. The first-order chi connectivity index (χ1) is 8.81. The third-order valence-corrected chi connectivity index (χ3v) is 3.55. The highest BCUT2D eigenvalue weighted by Crippen LogP contribution is 2.20. The van der Waals surface area contributed by atoms with Crippen molar-refractivity contribution in [1.29, 1.82) is 0 Å². The fraction of sp³-hybridized carbons (Fsp3) is 0.467. The highest BCUT2D eigenvalue weighted by Gasteiger charge is 2.43. The van der Waals surface area contributed by atoms with Crippen LogP contribution in [0.5, 0.6) is 0 Å². The average molecular weight is 260 g/mol. The predicted octanol–water partition coefficient (Wildman–Crippen LogP) is 1.62. The number of aryl methyl sites for hydroxylation is 1. The number of hydrogen-bond donors (Lipinski definition) is 1. The molecule has 1 heterocycles. The van der Waals surface area contributed by atoms with Crippen molar-refractivity contribution in [2.45, 2.75) is 45.8 Å². The lowest BCUT2D eigenvalue weighted by molar-refractivity contribution is -0.153. The molecule has 1 N–H and O–H groups in total. The molecule has 1 atom stereocenters. The van der Waals surface area contributed by atoms with E-state index in [9.17, 15) is 9.59 Å².